The molecular formula is C17H16O4. The molecule has 2 N–H and O–H groups in total. The van der Waals surface area contributed by atoms with Gasteiger partial charge in [0.25, 0.3) is 0 Å². The Morgan fingerprint density at radius 1 is 1.14 bits per heavy atom. The molecule has 4 nitrogen and oxygen atoms in total. The van der Waals surface area contributed by atoms with Crippen LogP contribution >= 0.6 is 0 Å². The van der Waals surface area contributed by atoms with Gasteiger partial charge in [-0.2, -0.15) is 0 Å². The second-order valence-corrected chi connectivity index (χ2v) is 4.59. The van der Waals surface area contributed by atoms with Gasteiger partial charge < -0.3 is 14.9 Å². The molecule has 0 saturated heterocycles. The van der Waals surface area contributed by atoms with Crippen LogP contribution in [0.15, 0.2) is 48.5 Å². The van der Waals surface area contributed by atoms with E-state index in [4.69, 9.17) is 14.9 Å². The number of aryl methyl sites for hydroxylation is 1. The standard InChI is InChI=1S/C17H16O4/c1-12-10-16(8-4-14(12)5-9-17(19)20)21-15-6-2-13(11-18)3-7-15/h2-10,18H,11H2,1H3,(H,19,20). The van der Waals surface area contributed by atoms with Gasteiger partial charge in [0.1, 0.15) is 11.5 Å². The Hall–Kier alpha value is -2.59. The molecule has 0 amide bonds. The van der Waals surface area contributed by atoms with Crippen molar-refractivity contribution in [2.24, 2.45) is 0 Å². The minimum atomic E-state index is -0.973. The van der Waals surface area contributed by atoms with E-state index in [9.17, 15) is 4.79 Å². The normalized spacial score (nSPS) is 10.8. The van der Waals surface area contributed by atoms with Gasteiger partial charge in [-0.1, -0.05) is 18.2 Å². The van der Waals surface area contributed by atoms with E-state index in [1.807, 2.05) is 19.1 Å². The molecular weight excluding hydrogens is 268 g/mol. The Kier molecular flexibility index (Phi) is 4.74. The Morgan fingerprint density at radius 3 is 2.38 bits per heavy atom. The first-order valence-corrected chi connectivity index (χ1v) is 6.48. The number of carbonyl (C=O) groups is 1. The molecule has 2 aromatic rings. The highest BCUT2D eigenvalue weighted by Crippen LogP contribution is 2.24. The lowest BCUT2D eigenvalue weighted by Gasteiger charge is -2.08. The van der Waals surface area contributed by atoms with E-state index in [0.717, 1.165) is 22.8 Å². The van der Waals surface area contributed by atoms with Crippen molar-refractivity contribution < 1.29 is 19.7 Å². The predicted molar refractivity (Wildman–Crippen MR) is 80.3 cm³/mol. The van der Waals surface area contributed by atoms with E-state index < -0.39 is 5.97 Å². The fourth-order valence-electron chi connectivity index (χ4n) is 1.86. The van der Waals surface area contributed by atoms with Gasteiger partial charge >= 0.3 is 5.97 Å². The van der Waals surface area contributed by atoms with Gasteiger partial charge in [-0.25, -0.2) is 4.79 Å². The fourth-order valence-corrected chi connectivity index (χ4v) is 1.86. The first-order chi connectivity index (χ1) is 10.1. The monoisotopic (exact) mass is 284 g/mol. The summed E-state index contributed by atoms with van der Waals surface area (Å²) < 4.78 is 5.72. The summed E-state index contributed by atoms with van der Waals surface area (Å²) in [5.74, 6) is 0.385. The van der Waals surface area contributed by atoms with E-state index in [-0.39, 0.29) is 6.61 Å². The predicted octanol–water partition coefficient (Wildman–Crippen LogP) is 3.38. The second-order valence-electron chi connectivity index (χ2n) is 4.59. The molecule has 4 heteroatoms. The number of ether oxygens (including phenoxy) is 1. The van der Waals surface area contributed by atoms with Crippen molar-refractivity contribution in [3.05, 3.63) is 65.2 Å². The molecule has 21 heavy (non-hydrogen) atoms. The fraction of sp³-hybridized carbons (Fsp3) is 0.118. The molecule has 2 aromatic carbocycles. The molecule has 0 aliphatic heterocycles. The zero-order chi connectivity index (χ0) is 15.2. The second kappa shape index (κ2) is 6.72. The van der Waals surface area contributed by atoms with Gasteiger partial charge in [-0.15, -0.1) is 0 Å². The molecule has 0 heterocycles. The van der Waals surface area contributed by atoms with Crippen molar-refractivity contribution in [1.29, 1.82) is 0 Å². The Labute approximate surface area is 122 Å². The summed E-state index contributed by atoms with van der Waals surface area (Å²) in [4.78, 5) is 10.5. The molecule has 0 saturated carbocycles. The lowest BCUT2D eigenvalue weighted by Crippen LogP contribution is -1.90. The zero-order valence-corrected chi connectivity index (χ0v) is 11.6. The summed E-state index contributed by atoms with van der Waals surface area (Å²) in [5.41, 5.74) is 2.59. The molecule has 0 radical (unpaired) electrons. The summed E-state index contributed by atoms with van der Waals surface area (Å²) >= 11 is 0. The maximum absolute atomic E-state index is 10.5. The third kappa shape index (κ3) is 4.19. The lowest BCUT2D eigenvalue weighted by molar-refractivity contribution is -0.131. The van der Waals surface area contributed by atoms with E-state index in [2.05, 4.69) is 0 Å². The Bertz CT molecular complexity index is 657. The van der Waals surface area contributed by atoms with Crippen LogP contribution in [-0.4, -0.2) is 16.2 Å². The van der Waals surface area contributed by atoms with Crippen LogP contribution in [0.2, 0.25) is 0 Å². The van der Waals surface area contributed by atoms with Gasteiger partial charge in [0, 0.05) is 6.08 Å². The first kappa shape index (κ1) is 14.8. The molecule has 0 aliphatic carbocycles. The Morgan fingerprint density at radius 2 is 1.81 bits per heavy atom. The van der Waals surface area contributed by atoms with Crippen molar-refractivity contribution in [1.82, 2.24) is 0 Å². The van der Waals surface area contributed by atoms with Crippen LogP contribution in [0, 0.1) is 6.92 Å². The molecule has 0 aromatic heterocycles. The highest BCUT2D eigenvalue weighted by molar-refractivity contribution is 5.85. The molecule has 0 fully saturated rings. The maximum atomic E-state index is 10.5. The largest absolute Gasteiger partial charge is 0.478 e. The van der Waals surface area contributed by atoms with Gasteiger partial charge in [0.2, 0.25) is 0 Å². The van der Waals surface area contributed by atoms with Gasteiger partial charge in [0.05, 0.1) is 6.61 Å². The number of hydrogen-bond acceptors (Lipinski definition) is 3. The molecule has 0 atom stereocenters. The molecule has 0 unspecified atom stereocenters. The summed E-state index contributed by atoms with van der Waals surface area (Å²) in [6, 6.07) is 12.6. The van der Waals surface area contributed by atoms with Crippen molar-refractivity contribution in [2.45, 2.75) is 13.5 Å². The average molecular weight is 284 g/mol. The molecule has 0 spiro atoms. The van der Waals surface area contributed by atoms with E-state index in [1.54, 1.807) is 36.4 Å². The van der Waals surface area contributed by atoms with E-state index >= 15 is 0 Å². The highest BCUT2D eigenvalue weighted by atomic mass is 16.5. The average Bonchev–Trinajstić information content (AvgIpc) is 2.47. The van der Waals surface area contributed by atoms with Crippen LogP contribution in [0.1, 0.15) is 16.7 Å². The van der Waals surface area contributed by atoms with Gasteiger partial charge in [-0.05, 0) is 54.0 Å². The summed E-state index contributed by atoms with van der Waals surface area (Å²) in [6.07, 6.45) is 2.66. The number of benzene rings is 2. The smallest absolute Gasteiger partial charge is 0.328 e. The van der Waals surface area contributed by atoms with Crippen molar-refractivity contribution in [2.75, 3.05) is 0 Å². The number of aliphatic hydroxyl groups is 1. The molecule has 0 bridgehead atoms. The quantitative estimate of drug-likeness (QED) is 0.826. The van der Waals surface area contributed by atoms with E-state index in [0.29, 0.717) is 11.5 Å². The third-order valence-electron chi connectivity index (χ3n) is 2.99. The van der Waals surface area contributed by atoms with Gasteiger partial charge in [-0.3, -0.25) is 0 Å². The van der Waals surface area contributed by atoms with Crippen LogP contribution < -0.4 is 4.74 Å². The number of rotatable bonds is 5. The lowest BCUT2D eigenvalue weighted by atomic mass is 10.1. The van der Waals surface area contributed by atoms with Crippen LogP contribution in [0.4, 0.5) is 0 Å². The molecule has 108 valence electrons. The molecule has 2 rings (SSSR count). The van der Waals surface area contributed by atoms with Crippen LogP contribution in [-0.2, 0) is 11.4 Å². The topological polar surface area (TPSA) is 66.8 Å². The summed E-state index contributed by atoms with van der Waals surface area (Å²) in [7, 11) is 0. The summed E-state index contributed by atoms with van der Waals surface area (Å²) in [5, 5.41) is 17.6. The molecule has 0 aliphatic rings. The number of hydrogen-bond donors (Lipinski definition) is 2. The van der Waals surface area contributed by atoms with Crippen molar-refractivity contribution in [3.63, 3.8) is 0 Å². The highest BCUT2D eigenvalue weighted by Gasteiger charge is 2.01. The first-order valence-electron chi connectivity index (χ1n) is 6.48. The SMILES string of the molecule is Cc1cc(Oc2ccc(CO)cc2)ccc1C=CC(=O)O. The van der Waals surface area contributed by atoms with Crippen LogP contribution in [0.25, 0.3) is 6.08 Å². The number of aliphatic carboxylic acids is 1. The summed E-state index contributed by atoms with van der Waals surface area (Å²) in [6.45, 7) is 1.90. The maximum Gasteiger partial charge on any atom is 0.328 e. The van der Waals surface area contributed by atoms with Crippen LogP contribution in [0.5, 0.6) is 11.5 Å². The van der Waals surface area contributed by atoms with Crippen molar-refractivity contribution >= 4 is 12.0 Å². The minimum Gasteiger partial charge on any atom is -0.478 e. The number of aliphatic hydroxyl groups excluding tert-OH is 1. The number of carboxylic acids is 1. The van der Waals surface area contributed by atoms with Gasteiger partial charge in [0.15, 0.2) is 0 Å². The third-order valence-corrected chi connectivity index (χ3v) is 2.99. The number of carboxylic acid groups (broad SMARTS) is 1. The van der Waals surface area contributed by atoms with Crippen molar-refractivity contribution in [3.8, 4) is 11.5 Å². The minimum absolute atomic E-state index is 0.00397. The van der Waals surface area contributed by atoms with E-state index in [1.165, 1.54) is 0 Å². The Balaban J connectivity index is 2.14. The zero-order valence-electron chi connectivity index (χ0n) is 11.6. The van der Waals surface area contributed by atoms with Crippen LogP contribution in [0.3, 0.4) is 0 Å².